The van der Waals surface area contributed by atoms with Gasteiger partial charge in [-0.2, -0.15) is 0 Å². The molecule has 0 aliphatic carbocycles. The maximum absolute atomic E-state index is 3.32. The predicted molar refractivity (Wildman–Crippen MR) is 136 cm³/mol. The van der Waals surface area contributed by atoms with Crippen LogP contribution in [0.4, 0.5) is 0 Å². The van der Waals surface area contributed by atoms with E-state index in [4.69, 9.17) is 0 Å². The van der Waals surface area contributed by atoms with Crippen LogP contribution in [0.15, 0.2) is 97.1 Å². The number of aromatic nitrogens is 1. The summed E-state index contributed by atoms with van der Waals surface area (Å²) in [7, 11) is -1.27. The number of rotatable bonds is 2. The number of hydrogen-bond acceptors (Lipinski definition) is 0. The van der Waals surface area contributed by atoms with Crippen molar-refractivity contribution >= 4 is 35.1 Å². The zero-order valence-electron chi connectivity index (χ0n) is 18.2. The Kier molecular flexibility index (Phi) is 4.77. The van der Waals surface area contributed by atoms with E-state index in [1.165, 1.54) is 27.0 Å². The van der Waals surface area contributed by atoms with Crippen LogP contribution in [0.5, 0.6) is 0 Å². The smallest absolute Gasteiger partial charge is 0.0775 e. The van der Waals surface area contributed by atoms with Gasteiger partial charge in [0.1, 0.15) is 0 Å². The molecular weight excluding hydrogens is 390 g/mol. The van der Waals surface area contributed by atoms with E-state index in [2.05, 4.69) is 133 Å². The molecule has 2 heteroatoms. The topological polar surface area (TPSA) is 4.93 Å². The second-order valence-corrected chi connectivity index (χ2v) is 14.1. The molecule has 0 amide bonds. The molecule has 0 unspecified atom stereocenters. The maximum atomic E-state index is 3.32. The standard InChI is InChI=1S/C29H25NSi/c1-31(2,3)25-20-16-23(17-21-25)13-12-22-14-18-24(19-15-22)30-28-10-6-4-8-26(28)27-9-5-7-11-29(27)30/h4-11,14-21H,1-3H3. The Morgan fingerprint density at radius 3 is 1.48 bits per heavy atom. The molecule has 0 N–H and O–H groups in total. The van der Waals surface area contributed by atoms with Gasteiger partial charge < -0.3 is 4.57 Å². The molecule has 0 fully saturated rings. The van der Waals surface area contributed by atoms with E-state index in [0.717, 1.165) is 16.8 Å². The van der Waals surface area contributed by atoms with Crippen LogP contribution < -0.4 is 5.19 Å². The largest absolute Gasteiger partial charge is 0.309 e. The quantitative estimate of drug-likeness (QED) is 0.222. The van der Waals surface area contributed by atoms with Crippen LogP contribution >= 0.6 is 0 Å². The lowest BCUT2D eigenvalue weighted by Gasteiger charge is -2.15. The fourth-order valence-electron chi connectivity index (χ4n) is 4.09. The van der Waals surface area contributed by atoms with Gasteiger partial charge in [0.25, 0.3) is 0 Å². The second kappa shape index (κ2) is 7.61. The third kappa shape index (κ3) is 3.69. The predicted octanol–water partition coefficient (Wildman–Crippen LogP) is 6.73. The zero-order valence-corrected chi connectivity index (χ0v) is 19.2. The summed E-state index contributed by atoms with van der Waals surface area (Å²) >= 11 is 0. The first-order valence-electron chi connectivity index (χ1n) is 10.7. The van der Waals surface area contributed by atoms with Gasteiger partial charge in [0, 0.05) is 27.6 Å². The summed E-state index contributed by atoms with van der Waals surface area (Å²) in [5.41, 5.74) is 5.70. The summed E-state index contributed by atoms with van der Waals surface area (Å²) in [6.07, 6.45) is 0. The molecule has 5 rings (SSSR count). The Balaban J connectivity index is 1.49. The highest BCUT2D eigenvalue weighted by Crippen LogP contribution is 2.31. The van der Waals surface area contributed by atoms with Crippen molar-refractivity contribution in [3.63, 3.8) is 0 Å². The molecule has 0 aliphatic rings. The van der Waals surface area contributed by atoms with Crippen LogP contribution in [0.25, 0.3) is 27.5 Å². The normalized spacial score (nSPS) is 11.5. The van der Waals surface area contributed by atoms with Gasteiger partial charge in [0.15, 0.2) is 0 Å². The molecule has 0 radical (unpaired) electrons. The fourth-order valence-corrected chi connectivity index (χ4v) is 5.26. The number of nitrogens with zero attached hydrogens (tertiary/aromatic N) is 1. The minimum atomic E-state index is -1.27. The molecule has 0 saturated carbocycles. The highest BCUT2D eigenvalue weighted by molar-refractivity contribution is 6.88. The van der Waals surface area contributed by atoms with Crippen molar-refractivity contribution in [2.45, 2.75) is 19.6 Å². The van der Waals surface area contributed by atoms with Gasteiger partial charge in [0.2, 0.25) is 0 Å². The molecule has 31 heavy (non-hydrogen) atoms. The summed E-state index contributed by atoms with van der Waals surface area (Å²) in [4.78, 5) is 0. The van der Waals surface area contributed by atoms with Gasteiger partial charge in [-0.15, -0.1) is 0 Å². The molecule has 150 valence electrons. The highest BCUT2D eigenvalue weighted by Gasteiger charge is 2.15. The fraction of sp³-hybridized carbons (Fsp3) is 0.103. The van der Waals surface area contributed by atoms with Crippen LogP contribution in [0.2, 0.25) is 19.6 Å². The Labute approximate surface area is 185 Å². The summed E-state index contributed by atoms with van der Waals surface area (Å²) in [6, 6.07) is 34.5. The van der Waals surface area contributed by atoms with E-state index in [1.807, 2.05) is 0 Å². The number of hydrogen-bond donors (Lipinski definition) is 0. The Bertz CT molecular complexity index is 1380. The Morgan fingerprint density at radius 1 is 0.548 bits per heavy atom. The summed E-state index contributed by atoms with van der Waals surface area (Å²) in [5.74, 6) is 6.63. The van der Waals surface area contributed by atoms with E-state index >= 15 is 0 Å². The van der Waals surface area contributed by atoms with Crippen LogP contribution in [-0.2, 0) is 0 Å². The second-order valence-electron chi connectivity index (χ2n) is 8.99. The average molecular weight is 416 g/mol. The van der Waals surface area contributed by atoms with Gasteiger partial charge in [0.05, 0.1) is 19.1 Å². The first-order valence-corrected chi connectivity index (χ1v) is 14.2. The van der Waals surface area contributed by atoms with Crippen molar-refractivity contribution in [2.24, 2.45) is 0 Å². The molecule has 1 nitrogen and oxygen atoms in total. The average Bonchev–Trinajstić information content (AvgIpc) is 3.12. The molecule has 4 aromatic carbocycles. The van der Waals surface area contributed by atoms with Crippen molar-refractivity contribution in [3.05, 3.63) is 108 Å². The zero-order chi connectivity index (χ0) is 21.4. The molecule has 0 aliphatic heterocycles. The minimum absolute atomic E-state index is 1.03. The number of fused-ring (bicyclic) bond motifs is 3. The van der Waals surface area contributed by atoms with Crippen LogP contribution in [0.1, 0.15) is 11.1 Å². The number of para-hydroxylation sites is 2. The molecule has 0 atom stereocenters. The lowest BCUT2D eigenvalue weighted by molar-refractivity contribution is 1.18. The van der Waals surface area contributed by atoms with E-state index in [9.17, 15) is 0 Å². The van der Waals surface area contributed by atoms with Crippen LogP contribution in [0.3, 0.4) is 0 Å². The van der Waals surface area contributed by atoms with E-state index in [1.54, 1.807) is 0 Å². The van der Waals surface area contributed by atoms with Gasteiger partial charge in [-0.3, -0.25) is 0 Å². The summed E-state index contributed by atoms with van der Waals surface area (Å²) in [5, 5.41) is 4.03. The third-order valence-corrected chi connectivity index (χ3v) is 7.87. The highest BCUT2D eigenvalue weighted by atomic mass is 28.3. The lowest BCUT2D eigenvalue weighted by atomic mass is 10.1. The monoisotopic (exact) mass is 415 g/mol. The Morgan fingerprint density at radius 2 is 1.00 bits per heavy atom. The lowest BCUT2D eigenvalue weighted by Crippen LogP contribution is -2.37. The number of benzene rings is 4. The molecule has 0 saturated heterocycles. The third-order valence-electron chi connectivity index (χ3n) is 5.81. The molecule has 0 spiro atoms. The minimum Gasteiger partial charge on any atom is -0.309 e. The summed E-state index contributed by atoms with van der Waals surface area (Å²) < 4.78 is 2.33. The molecule has 1 heterocycles. The van der Waals surface area contributed by atoms with Crippen molar-refractivity contribution < 1.29 is 0 Å². The van der Waals surface area contributed by atoms with Crippen molar-refractivity contribution in [1.82, 2.24) is 4.57 Å². The van der Waals surface area contributed by atoms with Crippen molar-refractivity contribution in [3.8, 4) is 17.5 Å². The van der Waals surface area contributed by atoms with Crippen LogP contribution in [-0.4, -0.2) is 12.6 Å². The van der Waals surface area contributed by atoms with Crippen LogP contribution in [0, 0.1) is 11.8 Å². The van der Waals surface area contributed by atoms with Crippen molar-refractivity contribution in [2.75, 3.05) is 0 Å². The molecule has 5 aromatic rings. The van der Waals surface area contributed by atoms with Crippen molar-refractivity contribution in [1.29, 1.82) is 0 Å². The first-order chi connectivity index (χ1) is 15.0. The molecule has 1 aromatic heterocycles. The van der Waals surface area contributed by atoms with E-state index in [0.29, 0.717) is 0 Å². The first kappa shape index (κ1) is 19.4. The van der Waals surface area contributed by atoms with Gasteiger partial charge in [-0.05, 0) is 48.5 Å². The van der Waals surface area contributed by atoms with Gasteiger partial charge in [-0.25, -0.2) is 0 Å². The molecule has 0 bridgehead atoms. The Hall–Kier alpha value is -3.54. The van der Waals surface area contributed by atoms with E-state index in [-0.39, 0.29) is 0 Å². The van der Waals surface area contributed by atoms with E-state index < -0.39 is 8.07 Å². The molecular formula is C29H25NSi. The van der Waals surface area contributed by atoms with Gasteiger partial charge in [-0.1, -0.05) is 85.2 Å². The summed E-state index contributed by atoms with van der Waals surface area (Å²) in [6.45, 7) is 7.10. The maximum Gasteiger partial charge on any atom is 0.0775 e. The van der Waals surface area contributed by atoms with Gasteiger partial charge >= 0.3 is 0 Å². The SMILES string of the molecule is C[Si](C)(C)c1ccc(C#Cc2ccc(-n3c4ccccc4c4ccccc43)cc2)cc1.